The quantitative estimate of drug-likeness (QED) is 0.836. The van der Waals surface area contributed by atoms with E-state index in [1.54, 1.807) is 6.07 Å². The van der Waals surface area contributed by atoms with Gasteiger partial charge in [-0.25, -0.2) is 9.97 Å². The van der Waals surface area contributed by atoms with E-state index in [0.717, 1.165) is 0 Å². The van der Waals surface area contributed by atoms with Gasteiger partial charge in [-0.05, 0) is 11.6 Å². The zero-order chi connectivity index (χ0) is 12.3. The van der Waals surface area contributed by atoms with Crippen LogP contribution >= 0.6 is 11.6 Å². The highest BCUT2D eigenvalue weighted by atomic mass is 35.5. The lowest BCUT2D eigenvalue weighted by molar-refractivity contribution is -0.137. The molecule has 2 rings (SSSR count). The van der Waals surface area contributed by atoms with Crippen LogP contribution < -0.4 is 0 Å². The molecule has 0 aromatic carbocycles. The van der Waals surface area contributed by atoms with Gasteiger partial charge in [0.1, 0.15) is 11.5 Å². The Kier molecular flexibility index (Phi) is 3.34. The van der Waals surface area contributed by atoms with Gasteiger partial charge in [0.05, 0.1) is 6.42 Å². The van der Waals surface area contributed by atoms with Crippen molar-refractivity contribution in [2.45, 2.75) is 12.8 Å². The standard InChI is InChI=1S/C10H8ClN3O3/c11-10-12-4-6(5-13-10)8-3-7(17-14-8)1-2-9(15)16/h3-5H,1-2H2,(H,15,16). The number of carboxylic acid groups (broad SMARTS) is 1. The van der Waals surface area contributed by atoms with E-state index in [-0.39, 0.29) is 11.7 Å². The minimum absolute atomic E-state index is 0.00571. The number of aliphatic carboxylic acids is 1. The van der Waals surface area contributed by atoms with Gasteiger partial charge in [0.15, 0.2) is 0 Å². The van der Waals surface area contributed by atoms with Gasteiger partial charge in [0.25, 0.3) is 0 Å². The maximum atomic E-state index is 10.4. The highest BCUT2D eigenvalue weighted by Crippen LogP contribution is 2.18. The van der Waals surface area contributed by atoms with Gasteiger partial charge >= 0.3 is 5.97 Å². The number of hydrogen-bond acceptors (Lipinski definition) is 5. The number of halogens is 1. The molecule has 0 aliphatic carbocycles. The van der Waals surface area contributed by atoms with Crippen LogP contribution in [0.3, 0.4) is 0 Å². The van der Waals surface area contributed by atoms with Crippen molar-refractivity contribution < 1.29 is 14.4 Å². The Morgan fingerprint density at radius 3 is 2.76 bits per heavy atom. The largest absolute Gasteiger partial charge is 0.481 e. The predicted octanol–water partition coefficient (Wildman–Crippen LogP) is 1.80. The van der Waals surface area contributed by atoms with Gasteiger partial charge in [0, 0.05) is 30.4 Å². The number of aryl methyl sites for hydroxylation is 1. The van der Waals surface area contributed by atoms with Gasteiger partial charge in [-0.3, -0.25) is 4.79 Å². The molecule has 0 saturated carbocycles. The molecule has 0 atom stereocenters. The fourth-order valence-corrected chi connectivity index (χ4v) is 1.34. The molecule has 0 fully saturated rings. The molecule has 0 amide bonds. The number of nitrogens with zero attached hydrogens (tertiary/aromatic N) is 3. The van der Waals surface area contributed by atoms with Crippen LogP contribution in [0.2, 0.25) is 5.28 Å². The van der Waals surface area contributed by atoms with E-state index < -0.39 is 5.97 Å². The number of aromatic nitrogens is 3. The van der Waals surface area contributed by atoms with E-state index in [2.05, 4.69) is 15.1 Å². The fourth-order valence-electron chi connectivity index (χ4n) is 1.24. The van der Waals surface area contributed by atoms with Crippen LogP contribution in [0, 0.1) is 0 Å². The number of carboxylic acids is 1. The Morgan fingerprint density at radius 2 is 2.12 bits per heavy atom. The Bertz CT molecular complexity index is 524. The van der Waals surface area contributed by atoms with Crippen LogP contribution in [0.25, 0.3) is 11.3 Å². The van der Waals surface area contributed by atoms with E-state index in [1.165, 1.54) is 12.4 Å². The van der Waals surface area contributed by atoms with Gasteiger partial charge in [-0.1, -0.05) is 5.16 Å². The molecular formula is C10H8ClN3O3. The highest BCUT2D eigenvalue weighted by molar-refractivity contribution is 6.28. The van der Waals surface area contributed by atoms with E-state index in [0.29, 0.717) is 23.4 Å². The molecule has 0 bridgehead atoms. The third-order valence-electron chi connectivity index (χ3n) is 2.06. The van der Waals surface area contributed by atoms with Crippen molar-refractivity contribution in [3.63, 3.8) is 0 Å². The lowest BCUT2D eigenvalue weighted by Crippen LogP contribution is -1.96. The minimum Gasteiger partial charge on any atom is -0.481 e. The second kappa shape index (κ2) is 4.92. The Balaban J connectivity index is 2.12. The first kappa shape index (κ1) is 11.5. The molecule has 0 unspecified atom stereocenters. The summed E-state index contributed by atoms with van der Waals surface area (Å²) < 4.78 is 5.00. The molecule has 2 aromatic heterocycles. The summed E-state index contributed by atoms with van der Waals surface area (Å²) in [5, 5.41) is 12.5. The van der Waals surface area contributed by atoms with E-state index in [4.69, 9.17) is 21.2 Å². The topological polar surface area (TPSA) is 89.1 Å². The summed E-state index contributed by atoms with van der Waals surface area (Å²) in [4.78, 5) is 18.0. The van der Waals surface area contributed by atoms with E-state index in [1.807, 2.05) is 0 Å². The molecule has 1 N–H and O–H groups in total. The number of rotatable bonds is 4. The molecular weight excluding hydrogens is 246 g/mol. The molecule has 6 nitrogen and oxygen atoms in total. The SMILES string of the molecule is O=C(O)CCc1cc(-c2cnc(Cl)nc2)no1. The summed E-state index contributed by atoms with van der Waals surface area (Å²) in [7, 11) is 0. The van der Waals surface area contributed by atoms with Crippen LogP contribution in [-0.4, -0.2) is 26.2 Å². The smallest absolute Gasteiger partial charge is 0.303 e. The Morgan fingerprint density at radius 1 is 1.41 bits per heavy atom. The summed E-state index contributed by atoms with van der Waals surface area (Å²) >= 11 is 5.56. The average molecular weight is 254 g/mol. The van der Waals surface area contributed by atoms with Crippen molar-refractivity contribution in [2.75, 3.05) is 0 Å². The van der Waals surface area contributed by atoms with Gasteiger partial charge in [-0.15, -0.1) is 0 Å². The summed E-state index contributed by atoms with van der Waals surface area (Å²) in [6, 6.07) is 1.66. The maximum absolute atomic E-state index is 10.4. The van der Waals surface area contributed by atoms with E-state index in [9.17, 15) is 4.79 Å². The summed E-state index contributed by atoms with van der Waals surface area (Å²) in [6.07, 6.45) is 3.35. The maximum Gasteiger partial charge on any atom is 0.303 e. The van der Waals surface area contributed by atoms with Crippen LogP contribution in [0.5, 0.6) is 0 Å². The van der Waals surface area contributed by atoms with Crippen molar-refractivity contribution in [3.05, 3.63) is 29.5 Å². The predicted molar refractivity (Wildman–Crippen MR) is 58.5 cm³/mol. The normalized spacial score (nSPS) is 10.4. The first-order valence-electron chi connectivity index (χ1n) is 4.80. The van der Waals surface area contributed by atoms with Crippen LogP contribution in [0.15, 0.2) is 23.0 Å². The van der Waals surface area contributed by atoms with Gasteiger partial charge in [-0.2, -0.15) is 0 Å². The van der Waals surface area contributed by atoms with Crippen molar-refractivity contribution in [2.24, 2.45) is 0 Å². The van der Waals surface area contributed by atoms with Crippen molar-refractivity contribution in [1.29, 1.82) is 0 Å². The third-order valence-corrected chi connectivity index (χ3v) is 2.26. The average Bonchev–Trinajstić information content (AvgIpc) is 2.76. The second-order valence-corrected chi connectivity index (χ2v) is 3.65. The molecule has 0 radical (unpaired) electrons. The zero-order valence-corrected chi connectivity index (χ0v) is 9.39. The fraction of sp³-hybridized carbons (Fsp3) is 0.200. The molecule has 0 spiro atoms. The lowest BCUT2D eigenvalue weighted by Gasteiger charge is -1.92. The van der Waals surface area contributed by atoms with E-state index >= 15 is 0 Å². The minimum atomic E-state index is -0.877. The zero-order valence-electron chi connectivity index (χ0n) is 8.63. The second-order valence-electron chi connectivity index (χ2n) is 3.31. The number of carbonyl (C=O) groups is 1. The molecule has 0 aliphatic heterocycles. The van der Waals surface area contributed by atoms with Crippen LogP contribution in [-0.2, 0) is 11.2 Å². The highest BCUT2D eigenvalue weighted by Gasteiger charge is 2.08. The molecule has 7 heteroatoms. The summed E-state index contributed by atoms with van der Waals surface area (Å²) in [5.41, 5.74) is 1.22. The molecule has 17 heavy (non-hydrogen) atoms. The molecule has 0 saturated heterocycles. The van der Waals surface area contributed by atoms with Crippen molar-refractivity contribution in [3.8, 4) is 11.3 Å². The van der Waals surface area contributed by atoms with Gasteiger partial charge < -0.3 is 9.63 Å². The molecule has 0 aliphatic rings. The number of hydrogen-bond donors (Lipinski definition) is 1. The Hall–Kier alpha value is -1.95. The molecule has 2 heterocycles. The van der Waals surface area contributed by atoms with Crippen molar-refractivity contribution in [1.82, 2.24) is 15.1 Å². The first-order valence-corrected chi connectivity index (χ1v) is 5.18. The van der Waals surface area contributed by atoms with Crippen LogP contribution in [0.4, 0.5) is 0 Å². The van der Waals surface area contributed by atoms with Gasteiger partial charge in [0.2, 0.25) is 5.28 Å². The lowest BCUT2D eigenvalue weighted by atomic mass is 10.2. The first-order chi connectivity index (χ1) is 8.15. The van der Waals surface area contributed by atoms with Crippen molar-refractivity contribution >= 4 is 17.6 Å². The molecule has 2 aromatic rings. The Labute approximate surface area is 101 Å². The summed E-state index contributed by atoms with van der Waals surface area (Å²) in [5.74, 6) is -0.366. The summed E-state index contributed by atoms with van der Waals surface area (Å²) in [6.45, 7) is 0. The van der Waals surface area contributed by atoms with Crippen LogP contribution in [0.1, 0.15) is 12.2 Å². The monoisotopic (exact) mass is 253 g/mol. The molecule has 88 valence electrons. The third kappa shape index (κ3) is 3.01.